The Morgan fingerprint density at radius 1 is 0.897 bits per heavy atom. The van der Waals surface area contributed by atoms with Gasteiger partial charge in [0.2, 0.25) is 0 Å². The lowest BCUT2D eigenvalue weighted by atomic mass is 10.2. The van der Waals surface area contributed by atoms with Gasteiger partial charge >= 0.3 is 0 Å². The first-order chi connectivity index (χ1) is 18.9. The van der Waals surface area contributed by atoms with Crippen molar-refractivity contribution in [2.45, 2.75) is 6.42 Å². The molecular weight excluding hydrogens is 594 g/mol. The topological polar surface area (TPSA) is 45.2 Å². The van der Waals surface area contributed by atoms with E-state index in [2.05, 4.69) is 32.8 Å². The normalized spacial score (nSPS) is 17.7. The van der Waals surface area contributed by atoms with Crippen LogP contribution in [0, 0.1) is 0 Å². The second-order valence-electron chi connectivity index (χ2n) is 9.48. The number of carbonyl (C=O) groups is 1. The number of hydrogen-bond acceptors (Lipinski definition) is 7. The largest absolute Gasteiger partial charge is 0.494 e. The zero-order valence-corrected chi connectivity index (χ0v) is 24.9. The third kappa shape index (κ3) is 7.49. The van der Waals surface area contributed by atoms with E-state index >= 15 is 0 Å². The number of ether oxygens (including phenoxy) is 2. The number of thioether (sulfide) groups is 1. The molecule has 39 heavy (non-hydrogen) atoms. The third-order valence-electron chi connectivity index (χ3n) is 6.60. The van der Waals surface area contributed by atoms with Crippen molar-refractivity contribution in [1.29, 1.82) is 0 Å². The van der Waals surface area contributed by atoms with Gasteiger partial charge in [-0.3, -0.25) is 9.69 Å². The molecule has 3 aromatic rings. The highest BCUT2D eigenvalue weighted by molar-refractivity contribution is 9.10. The first kappa shape index (κ1) is 27.9. The molecule has 202 valence electrons. The number of rotatable bonds is 9. The zero-order chi connectivity index (χ0) is 27.2. The summed E-state index contributed by atoms with van der Waals surface area (Å²) in [5.41, 5.74) is 1.64. The van der Waals surface area contributed by atoms with Crippen LogP contribution in [-0.2, 0) is 4.79 Å². The highest BCUT2D eigenvalue weighted by Gasteiger charge is 2.33. The second-order valence-corrected chi connectivity index (χ2v) is 12.1. The number of carbonyl (C=O) groups excluding carboxylic acids is 1. The SMILES string of the molecule is CN1CCN(CCCOc2ccc(N3C(=O)C(=Cc4ccc(Oc5ccc(Br)cc5)cc4)SC3=S)cc2)CC1. The minimum atomic E-state index is -0.124. The molecule has 1 amide bonds. The molecule has 6 nitrogen and oxygen atoms in total. The van der Waals surface area contributed by atoms with Gasteiger partial charge in [0.15, 0.2) is 4.32 Å². The third-order valence-corrected chi connectivity index (χ3v) is 8.43. The summed E-state index contributed by atoms with van der Waals surface area (Å²) < 4.78 is 13.3. The fourth-order valence-corrected chi connectivity index (χ4v) is 5.92. The Morgan fingerprint density at radius 3 is 2.18 bits per heavy atom. The molecule has 0 aromatic heterocycles. The molecule has 2 fully saturated rings. The van der Waals surface area contributed by atoms with E-state index in [0.717, 1.165) is 72.1 Å². The van der Waals surface area contributed by atoms with Crippen molar-refractivity contribution in [3.05, 3.63) is 87.7 Å². The summed E-state index contributed by atoms with van der Waals surface area (Å²) in [7, 11) is 2.17. The number of nitrogens with zero attached hydrogens (tertiary/aromatic N) is 3. The Kier molecular flexibility index (Phi) is 9.36. The van der Waals surface area contributed by atoms with Gasteiger partial charge in [-0.1, -0.05) is 52.0 Å². The van der Waals surface area contributed by atoms with E-state index in [4.69, 9.17) is 21.7 Å². The van der Waals surface area contributed by atoms with E-state index in [9.17, 15) is 4.79 Å². The molecule has 9 heteroatoms. The van der Waals surface area contributed by atoms with Crippen molar-refractivity contribution in [3.63, 3.8) is 0 Å². The van der Waals surface area contributed by atoms with Crippen molar-refractivity contribution >= 4 is 61.9 Å². The minimum Gasteiger partial charge on any atom is -0.494 e. The first-order valence-corrected chi connectivity index (χ1v) is 14.9. The quantitative estimate of drug-likeness (QED) is 0.150. The maximum absolute atomic E-state index is 13.2. The number of amides is 1. The highest BCUT2D eigenvalue weighted by Crippen LogP contribution is 2.37. The van der Waals surface area contributed by atoms with Crippen molar-refractivity contribution in [3.8, 4) is 17.2 Å². The Morgan fingerprint density at radius 2 is 1.51 bits per heavy atom. The molecule has 0 atom stereocenters. The molecule has 5 rings (SSSR count). The molecule has 3 aromatic carbocycles. The summed E-state index contributed by atoms with van der Waals surface area (Å²) >= 11 is 10.3. The number of piperazine rings is 1. The van der Waals surface area contributed by atoms with E-state index in [1.54, 1.807) is 4.90 Å². The molecule has 0 spiro atoms. The molecule has 2 aliphatic rings. The summed E-state index contributed by atoms with van der Waals surface area (Å²) in [6, 6.07) is 22.9. The van der Waals surface area contributed by atoms with Gasteiger partial charge in [0.1, 0.15) is 17.2 Å². The average molecular weight is 625 g/mol. The van der Waals surface area contributed by atoms with E-state index in [1.165, 1.54) is 11.8 Å². The van der Waals surface area contributed by atoms with Gasteiger partial charge < -0.3 is 19.3 Å². The van der Waals surface area contributed by atoms with Gasteiger partial charge in [-0.2, -0.15) is 0 Å². The van der Waals surface area contributed by atoms with Crippen LogP contribution in [0.5, 0.6) is 17.2 Å². The Balaban J connectivity index is 1.14. The lowest BCUT2D eigenvalue weighted by Crippen LogP contribution is -2.44. The Bertz CT molecular complexity index is 1320. The number of thiocarbonyl (C=S) groups is 1. The van der Waals surface area contributed by atoms with Crippen LogP contribution in [0.2, 0.25) is 0 Å². The molecule has 0 bridgehead atoms. The maximum Gasteiger partial charge on any atom is 0.270 e. The molecule has 2 heterocycles. The van der Waals surface area contributed by atoms with Crippen LogP contribution in [0.1, 0.15) is 12.0 Å². The lowest BCUT2D eigenvalue weighted by Gasteiger charge is -2.32. The van der Waals surface area contributed by atoms with Crippen molar-refractivity contribution < 1.29 is 14.3 Å². The molecule has 2 saturated heterocycles. The highest BCUT2D eigenvalue weighted by atomic mass is 79.9. The van der Waals surface area contributed by atoms with E-state index < -0.39 is 0 Å². The molecule has 0 N–H and O–H groups in total. The number of hydrogen-bond donors (Lipinski definition) is 0. The second kappa shape index (κ2) is 13.1. The fraction of sp³-hybridized carbons (Fsp3) is 0.267. The van der Waals surface area contributed by atoms with Gasteiger partial charge in [0, 0.05) is 37.2 Å². The summed E-state index contributed by atoms with van der Waals surface area (Å²) in [4.78, 5) is 20.2. The monoisotopic (exact) mass is 623 g/mol. The first-order valence-electron chi connectivity index (χ1n) is 12.9. The Hall–Kier alpha value is -2.69. The Labute approximate surface area is 247 Å². The van der Waals surface area contributed by atoms with Crippen LogP contribution in [0.25, 0.3) is 6.08 Å². The number of anilines is 1. The molecule has 0 saturated carbocycles. The van der Waals surface area contributed by atoms with Crippen LogP contribution in [0.4, 0.5) is 5.69 Å². The molecular formula is C30H30BrN3O3S2. The van der Waals surface area contributed by atoms with E-state index in [0.29, 0.717) is 15.8 Å². The van der Waals surface area contributed by atoms with Gasteiger partial charge in [-0.05, 0) is 85.8 Å². The number of likely N-dealkylation sites (N-methyl/N-ethyl adjacent to an activating group) is 1. The van der Waals surface area contributed by atoms with Gasteiger partial charge in [-0.15, -0.1) is 0 Å². The van der Waals surface area contributed by atoms with E-state index in [-0.39, 0.29) is 5.91 Å². The summed E-state index contributed by atoms with van der Waals surface area (Å²) in [5.74, 6) is 2.15. The van der Waals surface area contributed by atoms with E-state index in [1.807, 2.05) is 78.9 Å². The average Bonchev–Trinajstić information content (AvgIpc) is 3.22. The zero-order valence-electron chi connectivity index (χ0n) is 21.7. The molecule has 0 aliphatic carbocycles. The molecule has 0 radical (unpaired) electrons. The standard InChI is InChI=1S/C30H30BrN3O3S2/c1-32-16-18-33(19-17-32)15-2-20-36-25-13-7-24(8-14-25)34-29(35)28(39-30(34)38)21-22-3-9-26(10-4-22)37-27-11-5-23(31)6-12-27/h3-14,21H,2,15-20H2,1H3. The van der Waals surface area contributed by atoms with Crippen LogP contribution < -0.4 is 14.4 Å². The summed E-state index contributed by atoms with van der Waals surface area (Å²) in [6.45, 7) is 6.22. The predicted octanol–water partition coefficient (Wildman–Crippen LogP) is 6.66. The van der Waals surface area contributed by atoms with Crippen LogP contribution in [0.3, 0.4) is 0 Å². The molecule has 2 aliphatic heterocycles. The number of halogens is 1. The van der Waals surface area contributed by atoms with Crippen molar-refractivity contribution in [2.75, 3.05) is 51.3 Å². The lowest BCUT2D eigenvalue weighted by molar-refractivity contribution is -0.113. The smallest absolute Gasteiger partial charge is 0.270 e. The number of benzene rings is 3. The maximum atomic E-state index is 13.2. The minimum absolute atomic E-state index is 0.124. The predicted molar refractivity (Wildman–Crippen MR) is 167 cm³/mol. The molecule has 0 unspecified atom stereocenters. The van der Waals surface area contributed by atoms with Crippen molar-refractivity contribution in [2.24, 2.45) is 0 Å². The fourth-order valence-electron chi connectivity index (χ4n) is 4.35. The van der Waals surface area contributed by atoms with Crippen LogP contribution in [-0.4, -0.2) is 66.4 Å². The van der Waals surface area contributed by atoms with Gasteiger partial charge in [-0.25, -0.2) is 0 Å². The van der Waals surface area contributed by atoms with Gasteiger partial charge in [0.05, 0.1) is 17.2 Å². The van der Waals surface area contributed by atoms with Crippen molar-refractivity contribution in [1.82, 2.24) is 9.80 Å². The van der Waals surface area contributed by atoms with Gasteiger partial charge in [0.25, 0.3) is 5.91 Å². The van der Waals surface area contributed by atoms with Crippen LogP contribution in [0.15, 0.2) is 82.2 Å². The summed E-state index contributed by atoms with van der Waals surface area (Å²) in [6.07, 6.45) is 2.85. The summed E-state index contributed by atoms with van der Waals surface area (Å²) in [5, 5.41) is 0. The van der Waals surface area contributed by atoms with Crippen LogP contribution >= 0.6 is 39.9 Å².